The summed E-state index contributed by atoms with van der Waals surface area (Å²) in [5, 5.41) is 3.26. The van der Waals surface area contributed by atoms with E-state index in [0.29, 0.717) is 19.7 Å². The van der Waals surface area contributed by atoms with Gasteiger partial charge in [-0.05, 0) is 25.5 Å². The molecule has 2 unspecified atom stereocenters. The molecule has 2 atom stereocenters. The van der Waals surface area contributed by atoms with Crippen LogP contribution < -0.4 is 10.1 Å². The molecule has 1 aromatic carbocycles. The molecule has 5 heteroatoms. The van der Waals surface area contributed by atoms with Gasteiger partial charge in [0.15, 0.2) is 6.10 Å². The van der Waals surface area contributed by atoms with E-state index in [-0.39, 0.29) is 11.9 Å². The molecule has 1 aliphatic rings. The summed E-state index contributed by atoms with van der Waals surface area (Å²) < 4.78 is 11.0. The van der Waals surface area contributed by atoms with Gasteiger partial charge in [0.1, 0.15) is 5.75 Å². The topological polar surface area (TPSA) is 50.8 Å². The van der Waals surface area contributed by atoms with Crippen molar-refractivity contribution in [3.05, 3.63) is 24.3 Å². The summed E-state index contributed by atoms with van der Waals surface area (Å²) in [6, 6.07) is 7.86. The SMILES string of the molecule is CCC(C)N(CCOC)C(=O)C1CNc2ccccc2O1. The number of carbonyl (C=O) groups is 1. The molecule has 0 aliphatic carbocycles. The van der Waals surface area contributed by atoms with E-state index in [4.69, 9.17) is 9.47 Å². The van der Waals surface area contributed by atoms with Crippen molar-refractivity contribution < 1.29 is 14.3 Å². The molecular formula is C16H24N2O3. The molecule has 5 nitrogen and oxygen atoms in total. The number of para-hydroxylation sites is 2. The van der Waals surface area contributed by atoms with Crippen molar-refractivity contribution in [2.75, 3.05) is 32.1 Å². The highest BCUT2D eigenvalue weighted by molar-refractivity contribution is 5.83. The van der Waals surface area contributed by atoms with Gasteiger partial charge < -0.3 is 19.7 Å². The highest BCUT2D eigenvalue weighted by atomic mass is 16.5. The zero-order chi connectivity index (χ0) is 15.2. The Morgan fingerprint density at radius 2 is 2.29 bits per heavy atom. The van der Waals surface area contributed by atoms with E-state index in [1.807, 2.05) is 29.2 Å². The number of hydrogen-bond donors (Lipinski definition) is 1. The van der Waals surface area contributed by atoms with Gasteiger partial charge in [-0.25, -0.2) is 0 Å². The Morgan fingerprint density at radius 1 is 1.52 bits per heavy atom. The second kappa shape index (κ2) is 7.31. The lowest BCUT2D eigenvalue weighted by Gasteiger charge is -2.34. The van der Waals surface area contributed by atoms with E-state index in [1.54, 1.807) is 7.11 Å². The predicted molar refractivity (Wildman–Crippen MR) is 82.7 cm³/mol. The molecule has 0 spiro atoms. The molecule has 1 aliphatic heterocycles. The number of amides is 1. The Bertz CT molecular complexity index is 478. The van der Waals surface area contributed by atoms with E-state index < -0.39 is 6.10 Å². The Morgan fingerprint density at radius 3 is 3.00 bits per heavy atom. The summed E-state index contributed by atoms with van der Waals surface area (Å²) in [6.45, 7) is 5.75. The third-order valence-corrected chi connectivity index (χ3v) is 3.85. The maximum atomic E-state index is 12.7. The van der Waals surface area contributed by atoms with Crippen molar-refractivity contribution in [3.63, 3.8) is 0 Å². The third-order valence-electron chi connectivity index (χ3n) is 3.85. The van der Waals surface area contributed by atoms with Crippen LogP contribution in [0.15, 0.2) is 24.3 Å². The van der Waals surface area contributed by atoms with Crippen molar-refractivity contribution >= 4 is 11.6 Å². The van der Waals surface area contributed by atoms with Crippen LogP contribution in [0.4, 0.5) is 5.69 Å². The van der Waals surface area contributed by atoms with Gasteiger partial charge in [0.2, 0.25) is 0 Å². The number of rotatable bonds is 6. The quantitative estimate of drug-likeness (QED) is 0.872. The van der Waals surface area contributed by atoms with Gasteiger partial charge >= 0.3 is 0 Å². The summed E-state index contributed by atoms with van der Waals surface area (Å²) in [4.78, 5) is 14.6. The summed E-state index contributed by atoms with van der Waals surface area (Å²) in [5.74, 6) is 0.751. The average Bonchev–Trinajstić information content (AvgIpc) is 2.54. The largest absolute Gasteiger partial charge is 0.477 e. The van der Waals surface area contributed by atoms with Gasteiger partial charge in [0, 0.05) is 19.7 Å². The number of nitrogens with one attached hydrogen (secondary N) is 1. The Hall–Kier alpha value is -1.75. The van der Waals surface area contributed by atoms with Gasteiger partial charge in [-0.1, -0.05) is 19.1 Å². The van der Waals surface area contributed by atoms with E-state index in [2.05, 4.69) is 19.2 Å². The first-order valence-corrected chi connectivity index (χ1v) is 7.46. The van der Waals surface area contributed by atoms with E-state index in [1.165, 1.54) is 0 Å². The van der Waals surface area contributed by atoms with Crippen LogP contribution in [0.2, 0.25) is 0 Å². The minimum Gasteiger partial charge on any atom is -0.477 e. The van der Waals surface area contributed by atoms with Crippen molar-refractivity contribution in [3.8, 4) is 5.75 Å². The van der Waals surface area contributed by atoms with Crippen LogP contribution in [0.1, 0.15) is 20.3 Å². The maximum Gasteiger partial charge on any atom is 0.265 e. The lowest BCUT2D eigenvalue weighted by atomic mass is 10.1. The van der Waals surface area contributed by atoms with Gasteiger partial charge in [0.25, 0.3) is 5.91 Å². The second-order valence-corrected chi connectivity index (χ2v) is 5.27. The zero-order valence-electron chi connectivity index (χ0n) is 13.0. The molecule has 1 heterocycles. The fourth-order valence-corrected chi connectivity index (χ4v) is 2.39. The molecule has 2 rings (SSSR count). The normalized spacial score (nSPS) is 18.1. The number of ether oxygens (including phenoxy) is 2. The number of nitrogens with zero attached hydrogens (tertiary/aromatic N) is 1. The van der Waals surface area contributed by atoms with Crippen LogP contribution >= 0.6 is 0 Å². The summed E-state index contributed by atoms with van der Waals surface area (Å²) in [5.41, 5.74) is 0.938. The van der Waals surface area contributed by atoms with Crippen molar-refractivity contribution in [2.24, 2.45) is 0 Å². The number of benzene rings is 1. The van der Waals surface area contributed by atoms with Crippen LogP contribution in [-0.4, -0.2) is 49.8 Å². The summed E-state index contributed by atoms with van der Waals surface area (Å²) in [7, 11) is 1.65. The van der Waals surface area contributed by atoms with Crippen molar-refractivity contribution in [1.82, 2.24) is 4.90 Å². The molecule has 1 aromatic rings. The van der Waals surface area contributed by atoms with Crippen LogP contribution in [0.25, 0.3) is 0 Å². The monoisotopic (exact) mass is 292 g/mol. The van der Waals surface area contributed by atoms with Gasteiger partial charge in [-0.15, -0.1) is 0 Å². The molecule has 0 saturated carbocycles. The van der Waals surface area contributed by atoms with E-state index in [0.717, 1.165) is 17.9 Å². The van der Waals surface area contributed by atoms with Gasteiger partial charge in [-0.2, -0.15) is 0 Å². The molecular weight excluding hydrogens is 268 g/mol. The minimum atomic E-state index is -0.481. The van der Waals surface area contributed by atoms with E-state index in [9.17, 15) is 4.79 Å². The van der Waals surface area contributed by atoms with Crippen LogP contribution in [0.3, 0.4) is 0 Å². The highest BCUT2D eigenvalue weighted by Gasteiger charge is 2.31. The van der Waals surface area contributed by atoms with Crippen molar-refractivity contribution in [2.45, 2.75) is 32.4 Å². The first kappa shape index (κ1) is 15.6. The smallest absolute Gasteiger partial charge is 0.265 e. The molecule has 0 bridgehead atoms. The molecule has 116 valence electrons. The number of hydrogen-bond acceptors (Lipinski definition) is 4. The molecule has 1 N–H and O–H groups in total. The lowest BCUT2D eigenvalue weighted by molar-refractivity contribution is -0.141. The van der Waals surface area contributed by atoms with Gasteiger partial charge in [0.05, 0.1) is 18.8 Å². The number of fused-ring (bicyclic) bond motifs is 1. The van der Waals surface area contributed by atoms with E-state index >= 15 is 0 Å². The Kier molecular flexibility index (Phi) is 5.44. The second-order valence-electron chi connectivity index (χ2n) is 5.27. The number of anilines is 1. The molecule has 0 fully saturated rings. The van der Waals surface area contributed by atoms with Crippen LogP contribution in [0.5, 0.6) is 5.75 Å². The molecule has 0 radical (unpaired) electrons. The average molecular weight is 292 g/mol. The molecule has 21 heavy (non-hydrogen) atoms. The van der Waals surface area contributed by atoms with Crippen LogP contribution in [0, 0.1) is 0 Å². The minimum absolute atomic E-state index is 0.0170. The molecule has 0 aromatic heterocycles. The highest BCUT2D eigenvalue weighted by Crippen LogP contribution is 2.28. The van der Waals surface area contributed by atoms with Crippen molar-refractivity contribution in [1.29, 1.82) is 0 Å². The Labute approximate surface area is 126 Å². The first-order chi connectivity index (χ1) is 10.2. The fourth-order valence-electron chi connectivity index (χ4n) is 2.39. The molecule has 0 saturated heterocycles. The lowest BCUT2D eigenvalue weighted by Crippen LogP contribution is -2.50. The van der Waals surface area contributed by atoms with Crippen LogP contribution in [-0.2, 0) is 9.53 Å². The maximum absolute atomic E-state index is 12.7. The summed E-state index contributed by atoms with van der Waals surface area (Å²) in [6.07, 6.45) is 0.428. The first-order valence-electron chi connectivity index (χ1n) is 7.46. The zero-order valence-corrected chi connectivity index (χ0v) is 13.0. The fraction of sp³-hybridized carbons (Fsp3) is 0.562. The Balaban J connectivity index is 2.07. The number of carbonyl (C=O) groups excluding carboxylic acids is 1. The number of methoxy groups -OCH3 is 1. The predicted octanol–water partition coefficient (Wildman–Crippen LogP) is 2.13. The summed E-state index contributed by atoms with van der Waals surface area (Å²) >= 11 is 0. The molecule has 1 amide bonds. The van der Waals surface area contributed by atoms with Gasteiger partial charge in [-0.3, -0.25) is 4.79 Å². The third kappa shape index (κ3) is 3.67. The standard InChI is InChI=1S/C16H24N2O3/c1-4-12(2)18(9-10-20-3)16(19)15-11-17-13-7-5-6-8-14(13)21-15/h5-8,12,15,17H,4,9-11H2,1-3H3.